The standard InChI is InChI=1S/C42H66O13/c1-7-8-9-10-11-18-37(45)54-40-29(22-38(46)49-6)21-35-26-36(27(2)50-28(3)43)53-39(47)24-30(44)23-32-15-13-17-34(52-32)25-33-16-12-14-31(51-33)19-20-41(4,5)42(40,48)55-35/h19-20,22,27,30-36,40,44,48H,7-18,21,23-26H2,1-6H3/b20-19-,29-22+/t27-,30-,31-,32+,33+,34-,35+,36-,40+,42-/m1/s1. The summed E-state index contributed by atoms with van der Waals surface area (Å²) in [5, 5.41) is 23.8. The first-order valence-electron chi connectivity index (χ1n) is 20.6. The molecule has 3 saturated heterocycles. The Bertz CT molecular complexity index is 1340. The van der Waals surface area contributed by atoms with Crippen LogP contribution in [-0.2, 0) is 52.3 Å². The van der Waals surface area contributed by atoms with Crippen LogP contribution in [0.3, 0.4) is 0 Å². The zero-order valence-electron chi connectivity index (χ0n) is 33.8. The monoisotopic (exact) mass is 778 g/mol. The number of aliphatic hydroxyl groups excluding tert-OH is 1. The fraction of sp³-hybridized carbons (Fsp3) is 0.810. The second kappa shape index (κ2) is 21.1. The minimum absolute atomic E-state index is 0.0112. The summed E-state index contributed by atoms with van der Waals surface area (Å²) >= 11 is 0. The number of rotatable bonds is 10. The lowest BCUT2D eigenvalue weighted by Crippen LogP contribution is -2.62. The minimum Gasteiger partial charge on any atom is -0.466 e. The number of methoxy groups -OCH3 is 1. The first kappa shape index (κ1) is 44.9. The van der Waals surface area contributed by atoms with Crippen LogP contribution in [-0.4, -0.2) is 102 Å². The van der Waals surface area contributed by atoms with Gasteiger partial charge in [-0.1, -0.05) is 58.6 Å². The summed E-state index contributed by atoms with van der Waals surface area (Å²) in [6, 6.07) is 0. The summed E-state index contributed by atoms with van der Waals surface area (Å²) in [6.45, 7) is 8.46. The van der Waals surface area contributed by atoms with E-state index in [1.165, 1.54) is 20.1 Å². The molecular weight excluding hydrogens is 712 g/mol. The van der Waals surface area contributed by atoms with Crippen molar-refractivity contribution in [3.05, 3.63) is 23.8 Å². The van der Waals surface area contributed by atoms with Gasteiger partial charge in [0.05, 0.1) is 50.2 Å². The molecule has 13 nitrogen and oxygen atoms in total. The molecule has 0 aromatic rings. The highest BCUT2D eigenvalue weighted by Gasteiger charge is 2.58. The van der Waals surface area contributed by atoms with Gasteiger partial charge < -0.3 is 43.4 Å². The first-order chi connectivity index (χ1) is 26.1. The number of aliphatic hydroxyl groups is 2. The Labute approximate surface area is 326 Å². The van der Waals surface area contributed by atoms with Gasteiger partial charge in [-0.05, 0) is 70.3 Å². The number of hydrogen-bond donors (Lipinski definition) is 2. The molecule has 4 rings (SSSR count). The summed E-state index contributed by atoms with van der Waals surface area (Å²) in [4.78, 5) is 51.7. The summed E-state index contributed by atoms with van der Waals surface area (Å²) in [5.74, 6) is -4.79. The summed E-state index contributed by atoms with van der Waals surface area (Å²) < 4.78 is 41.9. The lowest BCUT2D eigenvalue weighted by molar-refractivity contribution is -0.327. The maximum absolute atomic E-state index is 13.4. The van der Waals surface area contributed by atoms with Gasteiger partial charge >= 0.3 is 23.9 Å². The molecule has 0 radical (unpaired) electrons. The van der Waals surface area contributed by atoms with E-state index in [9.17, 15) is 29.4 Å². The average Bonchev–Trinajstić information content (AvgIpc) is 3.11. The zero-order chi connectivity index (χ0) is 40.2. The molecule has 13 heteroatoms. The molecule has 0 spiro atoms. The number of unbranched alkanes of at least 4 members (excludes halogenated alkanes) is 4. The van der Waals surface area contributed by atoms with E-state index in [4.69, 9.17) is 33.2 Å². The highest BCUT2D eigenvalue weighted by molar-refractivity contribution is 5.83. The molecule has 55 heavy (non-hydrogen) atoms. The van der Waals surface area contributed by atoms with E-state index in [1.54, 1.807) is 20.8 Å². The van der Waals surface area contributed by atoms with Crippen LogP contribution in [0, 0.1) is 5.41 Å². The molecule has 10 atom stereocenters. The maximum Gasteiger partial charge on any atom is 0.330 e. The van der Waals surface area contributed by atoms with Gasteiger partial charge in [0.1, 0.15) is 12.2 Å². The van der Waals surface area contributed by atoms with Gasteiger partial charge in [-0.2, -0.15) is 0 Å². The second-order valence-corrected chi connectivity index (χ2v) is 16.4. The van der Waals surface area contributed by atoms with Crippen molar-refractivity contribution in [2.24, 2.45) is 5.41 Å². The van der Waals surface area contributed by atoms with Crippen LogP contribution in [0.1, 0.15) is 144 Å². The highest BCUT2D eigenvalue weighted by atomic mass is 16.7. The van der Waals surface area contributed by atoms with Crippen LogP contribution in [0.2, 0.25) is 0 Å². The summed E-state index contributed by atoms with van der Waals surface area (Å²) in [5.41, 5.74) is -0.989. The highest BCUT2D eigenvalue weighted by Crippen LogP contribution is 2.47. The van der Waals surface area contributed by atoms with Crippen LogP contribution in [0.5, 0.6) is 0 Å². The molecular formula is C42H66O13. The molecule has 0 amide bonds. The Morgan fingerprint density at radius 1 is 0.945 bits per heavy atom. The largest absolute Gasteiger partial charge is 0.466 e. The van der Waals surface area contributed by atoms with Crippen LogP contribution >= 0.6 is 0 Å². The molecule has 0 unspecified atom stereocenters. The molecule has 0 saturated carbocycles. The number of esters is 4. The maximum atomic E-state index is 13.4. The third kappa shape index (κ3) is 13.4. The van der Waals surface area contributed by atoms with E-state index in [2.05, 4.69) is 6.92 Å². The van der Waals surface area contributed by atoms with E-state index in [1.807, 2.05) is 12.2 Å². The predicted molar refractivity (Wildman–Crippen MR) is 201 cm³/mol. The topological polar surface area (TPSA) is 173 Å². The number of carbonyl (C=O) groups excluding carboxylic acids is 4. The fourth-order valence-electron chi connectivity index (χ4n) is 8.23. The Kier molecular flexibility index (Phi) is 17.2. The van der Waals surface area contributed by atoms with Crippen LogP contribution < -0.4 is 0 Å². The lowest BCUT2D eigenvalue weighted by atomic mass is 9.74. The van der Waals surface area contributed by atoms with Crippen molar-refractivity contribution in [2.45, 2.75) is 204 Å². The zero-order valence-corrected chi connectivity index (χ0v) is 33.8. The van der Waals surface area contributed by atoms with Crippen molar-refractivity contribution in [2.75, 3.05) is 7.11 Å². The minimum atomic E-state index is -2.24. The number of hydrogen-bond acceptors (Lipinski definition) is 13. The predicted octanol–water partition coefficient (Wildman–Crippen LogP) is 6.09. The summed E-state index contributed by atoms with van der Waals surface area (Å²) in [6.07, 6.45) is 9.48. The van der Waals surface area contributed by atoms with Crippen LogP contribution in [0.15, 0.2) is 23.8 Å². The quantitative estimate of drug-likeness (QED) is 0.0859. The lowest BCUT2D eigenvalue weighted by Gasteiger charge is -2.51. The van der Waals surface area contributed by atoms with Crippen LogP contribution in [0.4, 0.5) is 0 Å². The van der Waals surface area contributed by atoms with Crippen molar-refractivity contribution < 1.29 is 62.5 Å². The van der Waals surface area contributed by atoms with Crippen LogP contribution in [0.25, 0.3) is 0 Å². The van der Waals surface area contributed by atoms with Gasteiger partial charge in [0.2, 0.25) is 5.79 Å². The molecule has 4 heterocycles. The van der Waals surface area contributed by atoms with E-state index in [0.29, 0.717) is 12.8 Å². The smallest absolute Gasteiger partial charge is 0.330 e. The van der Waals surface area contributed by atoms with E-state index in [-0.39, 0.29) is 62.1 Å². The van der Waals surface area contributed by atoms with Crippen molar-refractivity contribution in [1.82, 2.24) is 0 Å². The Balaban J connectivity index is 1.74. The number of cyclic esters (lactones) is 1. The SMILES string of the molecule is CCCCCCCC(=O)O[C@H]1/C(=C/C(=O)OC)C[C@H]2C[C@H]([C@@H](C)OC(C)=O)OC(=O)C[C@H](O)C[C@@H]3CCC[C@H](C[C@@H]4CCC[C@H](/C=C\C(C)(C)[C@]1(O)O2)O4)O3. The van der Waals surface area contributed by atoms with Gasteiger partial charge in [-0.3, -0.25) is 14.4 Å². The first-order valence-corrected chi connectivity index (χ1v) is 20.6. The van der Waals surface area contributed by atoms with Crippen molar-refractivity contribution >= 4 is 23.9 Å². The number of carbonyl (C=O) groups is 4. The molecule has 312 valence electrons. The van der Waals surface area contributed by atoms with Gasteiger partial charge in [0.25, 0.3) is 0 Å². The molecule has 4 aliphatic rings. The Morgan fingerprint density at radius 2 is 1.62 bits per heavy atom. The molecule has 0 aromatic heterocycles. The normalized spacial score (nSPS) is 35.1. The fourth-order valence-corrected chi connectivity index (χ4v) is 8.23. The molecule has 6 bridgehead atoms. The number of fused-ring (bicyclic) bond motifs is 6. The third-order valence-electron chi connectivity index (χ3n) is 11.3. The van der Waals surface area contributed by atoms with Crippen molar-refractivity contribution in [1.29, 1.82) is 0 Å². The second-order valence-electron chi connectivity index (χ2n) is 16.4. The van der Waals surface area contributed by atoms with Crippen molar-refractivity contribution in [3.8, 4) is 0 Å². The molecule has 4 aliphatic heterocycles. The van der Waals surface area contributed by atoms with Gasteiger partial charge in [0.15, 0.2) is 6.10 Å². The van der Waals surface area contributed by atoms with Crippen molar-refractivity contribution in [3.63, 3.8) is 0 Å². The summed E-state index contributed by atoms with van der Waals surface area (Å²) in [7, 11) is 1.23. The van der Waals surface area contributed by atoms with E-state index in [0.717, 1.165) is 64.2 Å². The molecule has 0 aliphatic carbocycles. The molecule has 0 aromatic carbocycles. The number of ether oxygens (including phenoxy) is 7. The van der Waals surface area contributed by atoms with E-state index < -0.39 is 65.6 Å². The van der Waals surface area contributed by atoms with Gasteiger partial charge in [-0.15, -0.1) is 0 Å². The van der Waals surface area contributed by atoms with Gasteiger partial charge in [0, 0.05) is 37.7 Å². The Morgan fingerprint density at radius 3 is 2.31 bits per heavy atom. The van der Waals surface area contributed by atoms with E-state index >= 15 is 0 Å². The van der Waals surface area contributed by atoms with Gasteiger partial charge in [-0.25, -0.2) is 4.79 Å². The Hall–Kier alpha value is -2.84. The molecule has 2 N–H and O–H groups in total. The average molecular weight is 779 g/mol. The molecule has 3 fully saturated rings. The third-order valence-corrected chi connectivity index (χ3v) is 11.3.